The molecule has 40 heavy (non-hydrogen) atoms. The maximum absolute atomic E-state index is 13.4. The van der Waals surface area contributed by atoms with Crippen molar-refractivity contribution in [2.45, 2.75) is 93.9 Å². The Morgan fingerprint density at radius 3 is 1.07 bits per heavy atom. The standard InChI is InChI=1S/C32H46O8/c1-9-17(7)25(33)23-29(37)19(13-11-15(3)4)27(35)21(31(23)39)22-28(36)20(14-12-16(5)6)30(38)24(32(22)40)26(34)18(8)10-2/h15-18,35-40H,9-14H2,1-8H3. The lowest BCUT2D eigenvalue weighted by Gasteiger charge is -2.24. The molecule has 0 aliphatic carbocycles. The summed E-state index contributed by atoms with van der Waals surface area (Å²) >= 11 is 0. The molecule has 222 valence electrons. The largest absolute Gasteiger partial charge is 0.507 e. The zero-order chi connectivity index (χ0) is 30.6. The monoisotopic (exact) mass is 558 g/mol. The van der Waals surface area contributed by atoms with Gasteiger partial charge in [0.05, 0.1) is 11.1 Å². The number of benzene rings is 2. The minimum Gasteiger partial charge on any atom is -0.507 e. The van der Waals surface area contributed by atoms with E-state index < -0.39 is 80.2 Å². The lowest BCUT2D eigenvalue weighted by atomic mass is 9.84. The highest BCUT2D eigenvalue weighted by Gasteiger charge is 2.36. The van der Waals surface area contributed by atoms with Crippen LogP contribution in [0.2, 0.25) is 0 Å². The van der Waals surface area contributed by atoms with E-state index in [1.54, 1.807) is 27.7 Å². The second kappa shape index (κ2) is 13.3. The molecule has 8 heteroatoms. The van der Waals surface area contributed by atoms with Crippen molar-refractivity contribution < 1.29 is 40.2 Å². The number of hydrogen-bond donors (Lipinski definition) is 6. The van der Waals surface area contributed by atoms with Crippen molar-refractivity contribution in [2.75, 3.05) is 0 Å². The number of carbonyl (C=O) groups excluding carboxylic acids is 2. The van der Waals surface area contributed by atoms with Crippen LogP contribution in [0.25, 0.3) is 11.1 Å². The number of phenols is 6. The summed E-state index contributed by atoms with van der Waals surface area (Å²) in [7, 11) is 0. The Morgan fingerprint density at radius 2 is 0.825 bits per heavy atom. The van der Waals surface area contributed by atoms with Crippen molar-refractivity contribution >= 4 is 11.6 Å². The van der Waals surface area contributed by atoms with Gasteiger partial charge in [-0.25, -0.2) is 0 Å². The number of phenolic OH excluding ortho intramolecular Hbond substituents is 6. The van der Waals surface area contributed by atoms with Gasteiger partial charge in [-0.05, 0) is 50.4 Å². The van der Waals surface area contributed by atoms with Gasteiger partial charge in [-0.15, -0.1) is 0 Å². The zero-order valence-electron chi connectivity index (χ0n) is 25.1. The molecule has 0 saturated carbocycles. The molecule has 0 radical (unpaired) electrons. The molecule has 0 saturated heterocycles. The van der Waals surface area contributed by atoms with E-state index >= 15 is 0 Å². The molecular formula is C32H46O8. The molecule has 0 aliphatic heterocycles. The molecule has 2 rings (SSSR count). The van der Waals surface area contributed by atoms with Gasteiger partial charge >= 0.3 is 0 Å². The molecule has 0 heterocycles. The maximum Gasteiger partial charge on any atom is 0.173 e. The van der Waals surface area contributed by atoms with Gasteiger partial charge in [-0.3, -0.25) is 9.59 Å². The van der Waals surface area contributed by atoms with Gasteiger partial charge in [0, 0.05) is 23.0 Å². The quantitative estimate of drug-likeness (QED) is 0.141. The summed E-state index contributed by atoms with van der Waals surface area (Å²) in [4.78, 5) is 26.7. The van der Waals surface area contributed by atoms with Crippen LogP contribution < -0.4 is 0 Å². The third-order valence-corrected chi connectivity index (χ3v) is 7.84. The summed E-state index contributed by atoms with van der Waals surface area (Å²) in [5.74, 6) is -5.97. The van der Waals surface area contributed by atoms with Gasteiger partial charge in [0.15, 0.2) is 11.6 Å². The van der Waals surface area contributed by atoms with E-state index in [-0.39, 0.29) is 35.8 Å². The predicted molar refractivity (Wildman–Crippen MR) is 156 cm³/mol. The Balaban J connectivity index is 3.14. The van der Waals surface area contributed by atoms with Crippen LogP contribution in [0.15, 0.2) is 0 Å². The van der Waals surface area contributed by atoms with Gasteiger partial charge in [-0.1, -0.05) is 55.4 Å². The van der Waals surface area contributed by atoms with Crippen molar-refractivity contribution in [3.05, 3.63) is 22.3 Å². The van der Waals surface area contributed by atoms with E-state index in [1.807, 2.05) is 27.7 Å². The molecule has 0 amide bonds. The van der Waals surface area contributed by atoms with Gasteiger partial charge in [-0.2, -0.15) is 0 Å². The fourth-order valence-corrected chi connectivity index (χ4v) is 4.67. The van der Waals surface area contributed by atoms with Crippen LogP contribution in [-0.4, -0.2) is 42.2 Å². The lowest BCUT2D eigenvalue weighted by molar-refractivity contribution is 0.0912. The highest BCUT2D eigenvalue weighted by Crippen LogP contribution is 2.56. The van der Waals surface area contributed by atoms with Crippen LogP contribution in [0.4, 0.5) is 0 Å². The molecule has 2 aromatic rings. The first-order chi connectivity index (χ1) is 18.6. The zero-order valence-corrected chi connectivity index (χ0v) is 25.1. The van der Waals surface area contributed by atoms with Crippen molar-refractivity contribution in [1.82, 2.24) is 0 Å². The van der Waals surface area contributed by atoms with Crippen molar-refractivity contribution in [3.8, 4) is 45.6 Å². The molecule has 0 aromatic heterocycles. The Labute approximate surface area is 237 Å². The van der Waals surface area contributed by atoms with Crippen LogP contribution in [0, 0.1) is 23.7 Å². The second-order valence-corrected chi connectivity index (χ2v) is 11.8. The number of ketones is 2. The highest BCUT2D eigenvalue weighted by atomic mass is 16.3. The van der Waals surface area contributed by atoms with Crippen LogP contribution in [0.3, 0.4) is 0 Å². The van der Waals surface area contributed by atoms with Gasteiger partial charge in [0.2, 0.25) is 0 Å². The fourth-order valence-electron chi connectivity index (χ4n) is 4.67. The third kappa shape index (κ3) is 6.31. The number of aromatic hydroxyl groups is 6. The third-order valence-electron chi connectivity index (χ3n) is 7.84. The maximum atomic E-state index is 13.4. The molecule has 2 unspecified atom stereocenters. The summed E-state index contributed by atoms with van der Waals surface area (Å²) in [6.45, 7) is 14.6. The summed E-state index contributed by atoms with van der Waals surface area (Å²) in [5, 5.41) is 67.9. The minimum absolute atomic E-state index is 0.0152. The van der Waals surface area contributed by atoms with Gasteiger partial charge in [0.25, 0.3) is 0 Å². The Bertz CT molecular complexity index is 1160. The average Bonchev–Trinajstić information content (AvgIpc) is 2.88. The van der Waals surface area contributed by atoms with Gasteiger partial charge in [0.1, 0.15) is 45.6 Å². The van der Waals surface area contributed by atoms with Crippen molar-refractivity contribution in [2.24, 2.45) is 23.7 Å². The molecule has 0 aliphatic rings. The van der Waals surface area contributed by atoms with E-state index in [0.717, 1.165) is 0 Å². The SMILES string of the molecule is CCC(C)C(=O)c1c(O)c(CCC(C)C)c(O)c(-c2c(O)c(CCC(C)C)c(O)c(C(=O)C(C)CC)c2O)c1O. The summed E-state index contributed by atoms with van der Waals surface area (Å²) < 4.78 is 0. The first-order valence-electron chi connectivity index (χ1n) is 14.3. The summed E-state index contributed by atoms with van der Waals surface area (Å²) in [6, 6.07) is 0. The fraction of sp³-hybridized carbons (Fsp3) is 0.562. The topological polar surface area (TPSA) is 156 Å². The van der Waals surface area contributed by atoms with E-state index in [2.05, 4.69) is 0 Å². The number of carbonyl (C=O) groups is 2. The first kappa shape index (κ1) is 32.8. The van der Waals surface area contributed by atoms with E-state index in [1.165, 1.54) is 0 Å². The molecule has 2 aromatic carbocycles. The van der Waals surface area contributed by atoms with E-state index in [4.69, 9.17) is 0 Å². The van der Waals surface area contributed by atoms with Crippen LogP contribution in [0.1, 0.15) is 113 Å². The Hall–Kier alpha value is -3.42. The Kier molecular flexibility index (Phi) is 10.9. The lowest BCUT2D eigenvalue weighted by Crippen LogP contribution is -2.14. The second-order valence-electron chi connectivity index (χ2n) is 11.8. The average molecular weight is 559 g/mol. The minimum atomic E-state index is -0.818. The van der Waals surface area contributed by atoms with Crippen LogP contribution in [0.5, 0.6) is 34.5 Å². The summed E-state index contributed by atoms with van der Waals surface area (Å²) in [5.41, 5.74) is -1.82. The van der Waals surface area contributed by atoms with Gasteiger partial charge < -0.3 is 30.6 Å². The Morgan fingerprint density at radius 1 is 0.525 bits per heavy atom. The smallest absolute Gasteiger partial charge is 0.173 e. The van der Waals surface area contributed by atoms with E-state index in [0.29, 0.717) is 25.7 Å². The molecule has 6 N–H and O–H groups in total. The molecular weight excluding hydrogens is 512 g/mol. The van der Waals surface area contributed by atoms with E-state index in [9.17, 15) is 40.2 Å². The molecule has 0 fully saturated rings. The van der Waals surface area contributed by atoms with Crippen LogP contribution in [-0.2, 0) is 12.8 Å². The predicted octanol–water partition coefficient (Wildman–Crippen LogP) is 7.22. The van der Waals surface area contributed by atoms with Crippen LogP contribution >= 0.6 is 0 Å². The van der Waals surface area contributed by atoms with Crippen molar-refractivity contribution in [3.63, 3.8) is 0 Å². The highest BCUT2D eigenvalue weighted by molar-refractivity contribution is 6.10. The number of hydrogen-bond acceptors (Lipinski definition) is 8. The normalized spacial score (nSPS) is 13.2. The molecule has 0 spiro atoms. The number of rotatable bonds is 13. The summed E-state index contributed by atoms with van der Waals surface area (Å²) in [6.07, 6.45) is 2.15. The first-order valence-corrected chi connectivity index (χ1v) is 14.3. The molecule has 2 atom stereocenters. The number of Topliss-reactive ketones (excluding diaryl/α,β-unsaturated/α-hetero) is 2. The molecule has 0 bridgehead atoms. The molecule has 8 nitrogen and oxygen atoms in total. The van der Waals surface area contributed by atoms with Crippen molar-refractivity contribution in [1.29, 1.82) is 0 Å².